The number of aromatic nitrogens is 2. The van der Waals surface area contributed by atoms with Gasteiger partial charge in [0.2, 0.25) is 0 Å². The van der Waals surface area contributed by atoms with Gasteiger partial charge in [0.15, 0.2) is 5.43 Å². The number of nitrogens with one attached hydrogen (secondary N) is 2. The molecule has 0 aliphatic carbocycles. The first-order chi connectivity index (χ1) is 14.7. The van der Waals surface area contributed by atoms with Gasteiger partial charge in [-0.2, -0.15) is 0 Å². The highest BCUT2D eigenvalue weighted by atomic mass is 19.1. The molecule has 2 N–H and O–H groups in total. The number of benzene rings is 2. The Morgan fingerprint density at radius 2 is 1.84 bits per heavy atom. The second-order valence-corrected chi connectivity index (χ2v) is 8.17. The lowest BCUT2D eigenvalue weighted by atomic mass is 9.94. The Labute approximate surface area is 178 Å². The number of allylic oxidation sites excluding steroid dienone is 1. The highest BCUT2D eigenvalue weighted by Gasteiger charge is 2.26. The van der Waals surface area contributed by atoms with Crippen LogP contribution >= 0.6 is 0 Å². The van der Waals surface area contributed by atoms with Crippen molar-refractivity contribution < 1.29 is 9.18 Å². The number of fused-ring (bicyclic) bond motifs is 2. The second kappa shape index (κ2) is 7.47. The molecule has 0 atom stereocenters. The molecule has 2 aromatic carbocycles. The van der Waals surface area contributed by atoms with Crippen LogP contribution in [-0.4, -0.2) is 15.9 Å². The third kappa shape index (κ3) is 3.72. The number of carbonyl (C=O) groups is 1. The number of aromatic amines is 1. The normalized spacial score (nSPS) is 11.6. The molecule has 0 bridgehead atoms. The quantitative estimate of drug-likeness (QED) is 0.465. The Balaban J connectivity index is 1.71. The van der Waals surface area contributed by atoms with Gasteiger partial charge in [-0.15, -0.1) is 0 Å². The van der Waals surface area contributed by atoms with Gasteiger partial charge in [0.1, 0.15) is 5.82 Å². The number of rotatable bonds is 4. The van der Waals surface area contributed by atoms with Crippen molar-refractivity contribution in [3.05, 3.63) is 94.2 Å². The van der Waals surface area contributed by atoms with Gasteiger partial charge in [-0.05, 0) is 62.2 Å². The number of amides is 1. The molecule has 156 valence electrons. The molecular weight excluding hydrogens is 393 g/mol. The van der Waals surface area contributed by atoms with Crippen molar-refractivity contribution in [1.29, 1.82) is 0 Å². The highest BCUT2D eigenvalue weighted by molar-refractivity contribution is 6.00. The number of pyridine rings is 2. The van der Waals surface area contributed by atoms with Crippen molar-refractivity contribution in [2.75, 3.05) is 0 Å². The number of nitrogens with zero attached hydrogens (tertiary/aromatic N) is 1. The third-order valence-corrected chi connectivity index (χ3v) is 5.39. The van der Waals surface area contributed by atoms with E-state index in [-0.39, 0.29) is 16.4 Å². The molecule has 4 rings (SSSR count). The fourth-order valence-corrected chi connectivity index (χ4v) is 3.56. The summed E-state index contributed by atoms with van der Waals surface area (Å²) in [7, 11) is 0. The zero-order chi connectivity index (χ0) is 22.3. The number of H-pyrrole nitrogens is 1. The van der Waals surface area contributed by atoms with Gasteiger partial charge in [-0.25, -0.2) is 4.39 Å². The van der Waals surface area contributed by atoms with E-state index in [1.165, 1.54) is 6.07 Å². The summed E-state index contributed by atoms with van der Waals surface area (Å²) in [6, 6.07) is 13.2. The van der Waals surface area contributed by atoms with Gasteiger partial charge >= 0.3 is 0 Å². The van der Waals surface area contributed by atoms with Crippen LogP contribution in [0.1, 0.15) is 42.4 Å². The minimum Gasteiger partial charge on any atom is -0.354 e. The molecule has 0 aliphatic heterocycles. The SMILES string of the molecule is C=C(C)c1ccc(C(C)(C)NC(=O)c2cc3[nH]c4ccccc4c(=O)c3cc2F)cn1. The molecule has 0 saturated heterocycles. The summed E-state index contributed by atoms with van der Waals surface area (Å²) in [5.74, 6) is -1.33. The van der Waals surface area contributed by atoms with Gasteiger partial charge in [0.25, 0.3) is 5.91 Å². The molecule has 2 heterocycles. The average Bonchev–Trinajstić information content (AvgIpc) is 2.74. The molecule has 4 aromatic rings. The first-order valence-electron chi connectivity index (χ1n) is 9.86. The molecule has 0 aliphatic rings. The fourth-order valence-electron chi connectivity index (χ4n) is 3.56. The monoisotopic (exact) mass is 415 g/mol. The molecule has 2 aromatic heterocycles. The van der Waals surface area contributed by atoms with Crippen molar-refractivity contribution in [2.24, 2.45) is 0 Å². The van der Waals surface area contributed by atoms with Crippen LogP contribution in [0.4, 0.5) is 4.39 Å². The van der Waals surface area contributed by atoms with E-state index in [4.69, 9.17) is 0 Å². The predicted molar refractivity (Wildman–Crippen MR) is 121 cm³/mol. The molecule has 0 fully saturated rings. The van der Waals surface area contributed by atoms with E-state index in [0.717, 1.165) is 22.9 Å². The van der Waals surface area contributed by atoms with E-state index in [0.29, 0.717) is 16.4 Å². The summed E-state index contributed by atoms with van der Waals surface area (Å²) in [4.78, 5) is 33.1. The van der Waals surface area contributed by atoms with Crippen molar-refractivity contribution in [2.45, 2.75) is 26.3 Å². The molecular formula is C25H22FN3O2. The number of carbonyl (C=O) groups excluding carboxylic acids is 1. The van der Waals surface area contributed by atoms with E-state index in [1.807, 2.05) is 32.9 Å². The molecule has 31 heavy (non-hydrogen) atoms. The lowest BCUT2D eigenvalue weighted by Gasteiger charge is -2.27. The maximum absolute atomic E-state index is 14.8. The number of halogens is 1. The molecule has 0 radical (unpaired) electrons. The highest BCUT2D eigenvalue weighted by Crippen LogP contribution is 2.23. The summed E-state index contributed by atoms with van der Waals surface area (Å²) in [6.45, 7) is 9.36. The van der Waals surface area contributed by atoms with Crippen LogP contribution in [0.2, 0.25) is 0 Å². The first-order valence-corrected chi connectivity index (χ1v) is 9.86. The molecule has 0 spiro atoms. The van der Waals surface area contributed by atoms with Crippen LogP contribution in [0, 0.1) is 5.82 Å². The Morgan fingerprint density at radius 3 is 2.52 bits per heavy atom. The van der Waals surface area contributed by atoms with Crippen molar-refractivity contribution in [3.8, 4) is 0 Å². The lowest BCUT2D eigenvalue weighted by Crippen LogP contribution is -2.41. The van der Waals surface area contributed by atoms with Crippen LogP contribution in [0.25, 0.3) is 27.4 Å². The summed E-state index contributed by atoms with van der Waals surface area (Å²) >= 11 is 0. The maximum Gasteiger partial charge on any atom is 0.255 e. The fraction of sp³-hybridized carbons (Fsp3) is 0.160. The summed E-state index contributed by atoms with van der Waals surface area (Å²) in [5.41, 5.74) is 2.19. The number of para-hydroxylation sites is 1. The Hall–Kier alpha value is -3.80. The van der Waals surface area contributed by atoms with E-state index in [1.54, 1.807) is 30.5 Å². The smallest absolute Gasteiger partial charge is 0.255 e. The molecule has 1 amide bonds. The molecule has 0 unspecified atom stereocenters. The van der Waals surface area contributed by atoms with Gasteiger partial charge in [0.05, 0.1) is 22.3 Å². The largest absolute Gasteiger partial charge is 0.354 e. The minimum absolute atomic E-state index is 0.141. The lowest BCUT2D eigenvalue weighted by molar-refractivity contribution is 0.0908. The number of hydrogen-bond donors (Lipinski definition) is 2. The summed E-state index contributed by atoms with van der Waals surface area (Å²) in [6.07, 6.45) is 1.67. The first kappa shape index (κ1) is 20.5. The van der Waals surface area contributed by atoms with Crippen molar-refractivity contribution in [1.82, 2.24) is 15.3 Å². The van der Waals surface area contributed by atoms with Crippen LogP contribution in [0.15, 0.2) is 66.1 Å². The zero-order valence-corrected chi connectivity index (χ0v) is 17.5. The summed E-state index contributed by atoms with van der Waals surface area (Å²) in [5, 5.41) is 3.53. The van der Waals surface area contributed by atoms with Gasteiger partial charge in [-0.1, -0.05) is 24.8 Å². The van der Waals surface area contributed by atoms with Gasteiger partial charge in [-0.3, -0.25) is 14.6 Å². The molecule has 0 saturated carbocycles. The Bertz CT molecular complexity index is 1400. The van der Waals surface area contributed by atoms with Crippen LogP contribution in [-0.2, 0) is 5.54 Å². The standard InChI is InChI=1S/C25H22FN3O2/c1-14(2)20-10-9-15(13-27-20)25(3,4)29-24(31)17-12-22-18(11-19(17)26)23(30)16-7-5-6-8-21(16)28-22/h5-13H,1H2,2-4H3,(H,28,30)(H,29,31). The Kier molecular flexibility index (Phi) is 4.93. The zero-order valence-electron chi connectivity index (χ0n) is 17.5. The molecule has 6 heteroatoms. The van der Waals surface area contributed by atoms with E-state index in [2.05, 4.69) is 21.9 Å². The summed E-state index contributed by atoms with van der Waals surface area (Å²) < 4.78 is 14.8. The maximum atomic E-state index is 14.8. The number of hydrogen-bond acceptors (Lipinski definition) is 3. The van der Waals surface area contributed by atoms with Crippen molar-refractivity contribution >= 4 is 33.3 Å². The second-order valence-electron chi connectivity index (χ2n) is 8.17. The van der Waals surface area contributed by atoms with E-state index < -0.39 is 17.3 Å². The minimum atomic E-state index is -0.796. The van der Waals surface area contributed by atoms with E-state index in [9.17, 15) is 14.0 Å². The van der Waals surface area contributed by atoms with E-state index >= 15 is 0 Å². The molecule has 5 nitrogen and oxygen atoms in total. The average molecular weight is 415 g/mol. The van der Waals surface area contributed by atoms with Crippen LogP contribution in [0.5, 0.6) is 0 Å². The predicted octanol–water partition coefficient (Wildman–Crippen LogP) is 4.91. The van der Waals surface area contributed by atoms with Crippen LogP contribution in [0.3, 0.4) is 0 Å². The van der Waals surface area contributed by atoms with Gasteiger partial charge in [0, 0.05) is 22.5 Å². The van der Waals surface area contributed by atoms with Crippen molar-refractivity contribution in [3.63, 3.8) is 0 Å². The Morgan fingerprint density at radius 1 is 1.10 bits per heavy atom. The van der Waals surface area contributed by atoms with Gasteiger partial charge < -0.3 is 10.3 Å². The third-order valence-electron chi connectivity index (χ3n) is 5.39. The van der Waals surface area contributed by atoms with Crippen LogP contribution < -0.4 is 10.7 Å². The topological polar surface area (TPSA) is 74.8 Å².